The van der Waals surface area contributed by atoms with Gasteiger partial charge in [0, 0.05) is 45.0 Å². The van der Waals surface area contributed by atoms with Gasteiger partial charge in [0.15, 0.2) is 17.5 Å². The van der Waals surface area contributed by atoms with E-state index in [0.717, 1.165) is 66.9 Å². The van der Waals surface area contributed by atoms with Crippen molar-refractivity contribution in [1.82, 2.24) is 19.9 Å². The second-order valence-corrected chi connectivity index (χ2v) is 13.8. The molecule has 2 aliphatic rings. The van der Waals surface area contributed by atoms with Crippen molar-refractivity contribution in [3.8, 4) is 67.9 Å². The number of fused-ring (bicyclic) bond motifs is 10. The van der Waals surface area contributed by atoms with E-state index >= 15 is 0 Å². The number of hydrogen-bond donors (Lipinski definition) is 0. The van der Waals surface area contributed by atoms with Crippen LogP contribution in [0.5, 0.6) is 11.5 Å². The van der Waals surface area contributed by atoms with E-state index in [1.807, 2.05) is 85.1 Å². The maximum Gasteiger partial charge on any atom is 0.164 e. The van der Waals surface area contributed by atoms with E-state index in [-0.39, 0.29) is 0 Å². The van der Waals surface area contributed by atoms with Gasteiger partial charge in [-0.2, -0.15) is 0 Å². The molecule has 54 heavy (non-hydrogen) atoms. The van der Waals surface area contributed by atoms with Crippen LogP contribution < -0.4 is 4.74 Å². The van der Waals surface area contributed by atoms with Crippen LogP contribution in [0, 0.1) is 0 Å². The number of ether oxygens (including phenoxy) is 1. The van der Waals surface area contributed by atoms with Crippen LogP contribution in [0.25, 0.3) is 67.3 Å². The molecule has 0 fully saturated rings. The first-order chi connectivity index (χ1) is 26.8. The van der Waals surface area contributed by atoms with Crippen molar-refractivity contribution in [2.45, 2.75) is 5.41 Å². The minimum absolute atomic E-state index is 0.618. The Morgan fingerprint density at radius 1 is 0.370 bits per heavy atom. The van der Waals surface area contributed by atoms with Crippen LogP contribution in [0.4, 0.5) is 0 Å². The summed E-state index contributed by atoms with van der Waals surface area (Å²) in [4.78, 5) is 20.0. The Kier molecular flexibility index (Phi) is 6.70. The number of rotatable bonds is 4. The predicted molar refractivity (Wildman–Crippen MR) is 214 cm³/mol. The third-order valence-electron chi connectivity index (χ3n) is 10.8. The minimum atomic E-state index is -0.683. The first-order valence-electron chi connectivity index (χ1n) is 18.1. The Morgan fingerprint density at radius 2 is 0.889 bits per heavy atom. The van der Waals surface area contributed by atoms with Crippen molar-refractivity contribution in [2.24, 2.45) is 0 Å². The maximum absolute atomic E-state index is 6.67. The Labute approximate surface area is 312 Å². The summed E-state index contributed by atoms with van der Waals surface area (Å²) in [6.07, 6.45) is 1.87. The first kappa shape index (κ1) is 30.4. The van der Waals surface area contributed by atoms with Gasteiger partial charge in [0.2, 0.25) is 0 Å². The van der Waals surface area contributed by atoms with Crippen molar-refractivity contribution in [2.75, 3.05) is 0 Å². The van der Waals surface area contributed by atoms with E-state index in [2.05, 4.69) is 97.1 Å². The summed E-state index contributed by atoms with van der Waals surface area (Å²) >= 11 is 0. The van der Waals surface area contributed by atoms with Crippen LogP contribution in [0.15, 0.2) is 182 Å². The number of aromatic nitrogens is 4. The molecule has 3 heterocycles. The third-order valence-corrected chi connectivity index (χ3v) is 10.8. The van der Waals surface area contributed by atoms with Crippen LogP contribution in [0.1, 0.15) is 22.3 Å². The molecule has 7 aromatic carbocycles. The molecule has 2 aromatic heterocycles. The Bertz CT molecular complexity index is 2810. The molecule has 5 nitrogen and oxygen atoms in total. The molecule has 0 amide bonds. The molecular weight excluding hydrogens is 661 g/mol. The molecule has 1 aliphatic heterocycles. The van der Waals surface area contributed by atoms with Crippen LogP contribution >= 0.6 is 0 Å². The summed E-state index contributed by atoms with van der Waals surface area (Å²) in [5.41, 5.74) is 12.2. The van der Waals surface area contributed by atoms with Gasteiger partial charge in [0.05, 0.1) is 10.9 Å². The zero-order valence-corrected chi connectivity index (χ0v) is 29.0. The molecule has 1 spiro atoms. The average molecular weight is 691 g/mol. The van der Waals surface area contributed by atoms with Crippen molar-refractivity contribution in [3.63, 3.8) is 0 Å². The van der Waals surface area contributed by atoms with E-state index in [1.165, 1.54) is 16.7 Å². The fourth-order valence-corrected chi connectivity index (χ4v) is 8.48. The number of nitrogens with zero attached hydrogens (tertiary/aromatic N) is 4. The highest BCUT2D eigenvalue weighted by atomic mass is 16.5. The van der Waals surface area contributed by atoms with E-state index in [9.17, 15) is 0 Å². The summed E-state index contributed by atoms with van der Waals surface area (Å²) < 4.78 is 6.67. The lowest BCUT2D eigenvalue weighted by Crippen LogP contribution is -2.32. The zero-order valence-electron chi connectivity index (χ0n) is 29.0. The molecule has 0 bridgehead atoms. The maximum atomic E-state index is 6.67. The molecule has 0 saturated heterocycles. The fraction of sp³-hybridized carbons (Fsp3) is 0.0204. The highest BCUT2D eigenvalue weighted by Crippen LogP contribution is 2.62. The number of pyridine rings is 1. The third kappa shape index (κ3) is 4.52. The lowest BCUT2D eigenvalue weighted by molar-refractivity contribution is 0.436. The van der Waals surface area contributed by atoms with Gasteiger partial charge in [-0.3, -0.25) is 4.98 Å². The topological polar surface area (TPSA) is 60.8 Å². The number of para-hydroxylation sites is 3. The van der Waals surface area contributed by atoms with Crippen LogP contribution in [-0.4, -0.2) is 19.9 Å². The molecule has 0 atom stereocenters. The van der Waals surface area contributed by atoms with Crippen LogP contribution in [0.2, 0.25) is 0 Å². The average Bonchev–Trinajstić information content (AvgIpc) is 3.53. The van der Waals surface area contributed by atoms with Gasteiger partial charge in [-0.05, 0) is 58.1 Å². The van der Waals surface area contributed by atoms with Crippen LogP contribution in [-0.2, 0) is 5.41 Å². The molecule has 0 saturated carbocycles. The Balaban J connectivity index is 1.19. The lowest BCUT2D eigenvalue weighted by Gasteiger charge is -2.39. The summed E-state index contributed by atoms with van der Waals surface area (Å²) in [7, 11) is 0. The van der Waals surface area contributed by atoms with Crippen LogP contribution in [0.3, 0.4) is 0 Å². The van der Waals surface area contributed by atoms with Gasteiger partial charge in [-0.25, -0.2) is 15.0 Å². The second kappa shape index (κ2) is 11.9. The molecule has 0 unspecified atom stereocenters. The summed E-state index contributed by atoms with van der Waals surface area (Å²) in [5, 5.41) is 1.11. The molecule has 9 aromatic rings. The monoisotopic (exact) mass is 690 g/mol. The quantitative estimate of drug-likeness (QED) is 0.184. The summed E-state index contributed by atoms with van der Waals surface area (Å²) in [6, 6.07) is 61.3. The molecule has 1 aliphatic carbocycles. The summed E-state index contributed by atoms with van der Waals surface area (Å²) in [6.45, 7) is 0. The molecule has 0 radical (unpaired) electrons. The van der Waals surface area contributed by atoms with E-state index in [4.69, 9.17) is 24.7 Å². The van der Waals surface area contributed by atoms with Crippen molar-refractivity contribution >= 4 is 10.9 Å². The van der Waals surface area contributed by atoms with Crippen molar-refractivity contribution in [1.29, 1.82) is 0 Å². The van der Waals surface area contributed by atoms with Gasteiger partial charge in [0.1, 0.15) is 11.5 Å². The SMILES string of the molecule is c1ccc(-c2nc(-c3ccccc3)nc(-c3ccc4c(c3)C3(c5ccccc5Oc5ccccc53)c3cc(-c5cccc6cccnc56)ccc3-4)n2)cc1. The zero-order chi connectivity index (χ0) is 35.6. The van der Waals surface area contributed by atoms with Gasteiger partial charge in [0.25, 0.3) is 0 Å². The predicted octanol–water partition coefficient (Wildman–Crippen LogP) is 11.6. The molecule has 252 valence electrons. The second-order valence-electron chi connectivity index (χ2n) is 13.8. The number of hydrogen-bond acceptors (Lipinski definition) is 5. The molecule has 5 heteroatoms. The smallest absolute Gasteiger partial charge is 0.164 e. The lowest BCUT2D eigenvalue weighted by atomic mass is 9.65. The normalized spacial score (nSPS) is 13.1. The molecule has 0 N–H and O–H groups in total. The first-order valence-corrected chi connectivity index (χ1v) is 18.1. The van der Waals surface area contributed by atoms with Crippen molar-refractivity contribution in [3.05, 3.63) is 204 Å². The van der Waals surface area contributed by atoms with E-state index in [0.29, 0.717) is 17.5 Å². The standard InChI is InChI=1S/C49H30N4O/c1-3-13-32(14-4-1)46-51-47(33-15-5-2-6-16-33)53-48(52-46)35-25-27-38-37-26-24-34(36-19-11-17-31-18-12-28-50-45(31)36)29-41(37)49(42(38)30-35)39-20-7-9-22-43(39)54-44-23-10-8-21-40(44)49/h1-30H. The Morgan fingerprint density at radius 3 is 1.52 bits per heavy atom. The fourth-order valence-electron chi connectivity index (χ4n) is 8.48. The van der Waals surface area contributed by atoms with Gasteiger partial charge < -0.3 is 4.74 Å². The largest absolute Gasteiger partial charge is 0.457 e. The van der Waals surface area contributed by atoms with Gasteiger partial charge in [-0.1, -0.05) is 146 Å². The summed E-state index contributed by atoms with van der Waals surface area (Å²) in [5.74, 6) is 3.57. The Hall–Kier alpha value is -7.24. The van der Waals surface area contributed by atoms with E-state index < -0.39 is 5.41 Å². The minimum Gasteiger partial charge on any atom is -0.457 e. The molecule has 11 rings (SSSR count). The highest BCUT2D eigenvalue weighted by Gasteiger charge is 2.51. The number of benzene rings is 7. The molecular formula is C49H30N4O. The highest BCUT2D eigenvalue weighted by molar-refractivity contribution is 5.96. The van der Waals surface area contributed by atoms with E-state index in [1.54, 1.807) is 0 Å². The van der Waals surface area contributed by atoms with Gasteiger partial charge >= 0.3 is 0 Å². The van der Waals surface area contributed by atoms with Gasteiger partial charge in [-0.15, -0.1) is 0 Å². The van der Waals surface area contributed by atoms with Crippen molar-refractivity contribution < 1.29 is 4.74 Å².